The van der Waals surface area contributed by atoms with Gasteiger partial charge in [-0.3, -0.25) is 9.89 Å². The molecule has 0 bridgehead atoms. The minimum absolute atomic E-state index is 0. The minimum atomic E-state index is -0.0953. The van der Waals surface area contributed by atoms with Crippen molar-refractivity contribution in [3.8, 4) is 0 Å². The van der Waals surface area contributed by atoms with Crippen molar-refractivity contribution in [2.75, 3.05) is 26.2 Å². The Morgan fingerprint density at radius 1 is 1.08 bits per heavy atom. The summed E-state index contributed by atoms with van der Waals surface area (Å²) in [5.41, 5.74) is 0. The molecule has 0 aromatic carbocycles. The van der Waals surface area contributed by atoms with Gasteiger partial charge in [0.2, 0.25) is 0 Å². The van der Waals surface area contributed by atoms with E-state index in [1.165, 1.54) is 32.2 Å². The highest BCUT2D eigenvalue weighted by atomic mass is 127. The largest absolute Gasteiger partial charge is 0.393 e. The molecule has 0 spiro atoms. The number of halogens is 1. The second kappa shape index (κ2) is 10.2. The molecule has 3 aliphatic carbocycles. The number of aliphatic imine (C=N–C) groups is 1. The van der Waals surface area contributed by atoms with Crippen LogP contribution in [0, 0.1) is 5.92 Å². The van der Waals surface area contributed by atoms with Crippen molar-refractivity contribution in [1.29, 1.82) is 0 Å². The second-order valence-electron chi connectivity index (χ2n) is 7.58. The van der Waals surface area contributed by atoms with E-state index in [9.17, 15) is 5.11 Å². The lowest BCUT2D eigenvalue weighted by Crippen LogP contribution is -2.45. The number of guanidine groups is 1. The summed E-state index contributed by atoms with van der Waals surface area (Å²) in [6.45, 7) is 6.29. The van der Waals surface area contributed by atoms with Crippen LogP contribution in [-0.2, 0) is 0 Å². The molecule has 0 heterocycles. The van der Waals surface area contributed by atoms with Crippen LogP contribution in [0.5, 0.6) is 0 Å². The summed E-state index contributed by atoms with van der Waals surface area (Å²) in [6.07, 6.45) is 9.46. The van der Waals surface area contributed by atoms with Crippen LogP contribution in [0.2, 0.25) is 0 Å². The first-order chi connectivity index (χ1) is 11.2. The lowest BCUT2D eigenvalue weighted by Gasteiger charge is -2.28. The molecule has 3 fully saturated rings. The van der Waals surface area contributed by atoms with Crippen LogP contribution >= 0.6 is 24.0 Å². The van der Waals surface area contributed by atoms with Gasteiger partial charge in [0.1, 0.15) is 0 Å². The van der Waals surface area contributed by atoms with Gasteiger partial charge in [0.25, 0.3) is 0 Å². The topological polar surface area (TPSA) is 59.9 Å². The monoisotopic (exact) mass is 450 g/mol. The van der Waals surface area contributed by atoms with Crippen LogP contribution in [0.1, 0.15) is 58.3 Å². The van der Waals surface area contributed by atoms with Gasteiger partial charge in [-0.2, -0.15) is 0 Å². The average Bonchev–Trinajstić information content (AvgIpc) is 3.42. The van der Waals surface area contributed by atoms with Crippen molar-refractivity contribution in [3.05, 3.63) is 0 Å². The molecule has 5 nitrogen and oxygen atoms in total. The van der Waals surface area contributed by atoms with E-state index in [-0.39, 0.29) is 30.1 Å². The second-order valence-corrected chi connectivity index (χ2v) is 7.58. The smallest absolute Gasteiger partial charge is 0.191 e. The van der Waals surface area contributed by atoms with Gasteiger partial charge in [-0.1, -0.05) is 0 Å². The molecule has 0 saturated heterocycles. The molecule has 0 radical (unpaired) electrons. The maximum absolute atomic E-state index is 9.62. The van der Waals surface area contributed by atoms with Crippen LogP contribution in [0.15, 0.2) is 4.99 Å². The SMILES string of the molecule is CCNC(=NCCN(CC1CC1)C1CC1)NC1CCC(O)CC1.I. The van der Waals surface area contributed by atoms with E-state index in [2.05, 4.69) is 22.5 Å². The Kier molecular flexibility index (Phi) is 8.57. The lowest BCUT2D eigenvalue weighted by molar-refractivity contribution is 0.120. The molecule has 140 valence electrons. The maximum atomic E-state index is 9.62. The molecule has 3 aliphatic rings. The highest BCUT2D eigenvalue weighted by Gasteiger charge is 2.33. The fourth-order valence-electron chi connectivity index (χ4n) is 3.52. The lowest BCUT2D eigenvalue weighted by atomic mass is 9.93. The van der Waals surface area contributed by atoms with Crippen molar-refractivity contribution < 1.29 is 5.11 Å². The summed E-state index contributed by atoms with van der Waals surface area (Å²) in [4.78, 5) is 7.46. The number of nitrogens with one attached hydrogen (secondary N) is 2. The van der Waals surface area contributed by atoms with Crippen molar-refractivity contribution in [2.24, 2.45) is 10.9 Å². The summed E-state index contributed by atoms with van der Waals surface area (Å²) in [7, 11) is 0. The van der Waals surface area contributed by atoms with Gasteiger partial charge in [0, 0.05) is 31.7 Å². The van der Waals surface area contributed by atoms with Crippen molar-refractivity contribution in [3.63, 3.8) is 0 Å². The zero-order valence-electron chi connectivity index (χ0n) is 15.0. The van der Waals surface area contributed by atoms with E-state index in [0.717, 1.165) is 63.2 Å². The van der Waals surface area contributed by atoms with Crippen LogP contribution in [0.3, 0.4) is 0 Å². The fraction of sp³-hybridized carbons (Fsp3) is 0.944. The van der Waals surface area contributed by atoms with Crippen LogP contribution in [-0.4, -0.2) is 60.3 Å². The van der Waals surface area contributed by atoms with Gasteiger partial charge in [0.05, 0.1) is 12.6 Å². The predicted octanol–water partition coefficient (Wildman–Crippen LogP) is 2.34. The Balaban J connectivity index is 0.00000208. The number of aliphatic hydroxyl groups is 1. The molecule has 0 amide bonds. The number of hydrogen-bond donors (Lipinski definition) is 3. The third-order valence-corrected chi connectivity index (χ3v) is 5.29. The fourth-order valence-corrected chi connectivity index (χ4v) is 3.52. The van der Waals surface area contributed by atoms with E-state index in [4.69, 9.17) is 4.99 Å². The molecule has 24 heavy (non-hydrogen) atoms. The standard InChI is InChI=1S/C18H34N4O.HI/c1-2-19-18(21-15-5-9-17(23)10-6-15)20-11-12-22(16-7-8-16)13-14-3-4-14;/h14-17,23H,2-13H2,1H3,(H2,19,20,21);1H. The van der Waals surface area contributed by atoms with Crippen molar-refractivity contribution in [2.45, 2.75) is 76.5 Å². The number of hydrogen-bond acceptors (Lipinski definition) is 3. The molecule has 0 aliphatic heterocycles. The van der Waals surface area contributed by atoms with Gasteiger partial charge in [-0.05, 0) is 64.2 Å². The number of aliphatic hydroxyl groups excluding tert-OH is 1. The highest BCUT2D eigenvalue weighted by Crippen LogP contribution is 2.34. The quantitative estimate of drug-likeness (QED) is 0.302. The first kappa shape index (κ1) is 20.2. The average molecular weight is 450 g/mol. The first-order valence-corrected chi connectivity index (χ1v) is 9.71. The molecule has 3 saturated carbocycles. The summed E-state index contributed by atoms with van der Waals surface area (Å²) in [5.74, 6) is 1.93. The molecule has 6 heteroatoms. The van der Waals surface area contributed by atoms with E-state index in [0.29, 0.717) is 6.04 Å². The Morgan fingerprint density at radius 3 is 2.38 bits per heavy atom. The van der Waals surface area contributed by atoms with Gasteiger partial charge in [-0.25, -0.2) is 0 Å². The van der Waals surface area contributed by atoms with Crippen molar-refractivity contribution in [1.82, 2.24) is 15.5 Å². The third-order valence-electron chi connectivity index (χ3n) is 5.29. The van der Waals surface area contributed by atoms with E-state index in [1.54, 1.807) is 0 Å². The van der Waals surface area contributed by atoms with Crippen LogP contribution in [0.25, 0.3) is 0 Å². The predicted molar refractivity (Wildman–Crippen MR) is 110 cm³/mol. The molecule has 3 rings (SSSR count). The molecule has 0 atom stereocenters. The highest BCUT2D eigenvalue weighted by molar-refractivity contribution is 14.0. The zero-order valence-corrected chi connectivity index (χ0v) is 17.4. The molecular weight excluding hydrogens is 415 g/mol. The summed E-state index contributed by atoms with van der Waals surface area (Å²) < 4.78 is 0. The molecule has 0 aromatic heterocycles. The van der Waals surface area contributed by atoms with Gasteiger partial charge in [-0.15, -0.1) is 24.0 Å². The molecule has 3 N–H and O–H groups in total. The van der Waals surface area contributed by atoms with Gasteiger partial charge < -0.3 is 15.7 Å². The van der Waals surface area contributed by atoms with Crippen LogP contribution < -0.4 is 10.6 Å². The normalized spacial score (nSPS) is 27.7. The minimum Gasteiger partial charge on any atom is -0.393 e. The number of nitrogens with zero attached hydrogens (tertiary/aromatic N) is 2. The summed E-state index contributed by atoms with van der Waals surface area (Å²) in [5, 5.41) is 16.6. The Bertz CT molecular complexity index is 390. The van der Waals surface area contributed by atoms with Gasteiger partial charge in [0.15, 0.2) is 5.96 Å². The maximum Gasteiger partial charge on any atom is 0.191 e. The van der Waals surface area contributed by atoms with Crippen LogP contribution in [0.4, 0.5) is 0 Å². The zero-order chi connectivity index (χ0) is 16.1. The first-order valence-electron chi connectivity index (χ1n) is 9.71. The molecule has 0 aromatic rings. The van der Waals surface area contributed by atoms with E-state index < -0.39 is 0 Å². The third kappa shape index (κ3) is 7.04. The van der Waals surface area contributed by atoms with E-state index >= 15 is 0 Å². The number of rotatable bonds is 8. The Hall–Kier alpha value is -0.0800. The van der Waals surface area contributed by atoms with Crippen molar-refractivity contribution >= 4 is 29.9 Å². The summed E-state index contributed by atoms with van der Waals surface area (Å²) >= 11 is 0. The van der Waals surface area contributed by atoms with E-state index in [1.807, 2.05) is 0 Å². The molecule has 0 unspecified atom stereocenters. The summed E-state index contributed by atoms with van der Waals surface area (Å²) in [6, 6.07) is 1.31. The Labute approximate surface area is 164 Å². The van der Waals surface area contributed by atoms with Gasteiger partial charge >= 0.3 is 0 Å². The Morgan fingerprint density at radius 2 is 1.79 bits per heavy atom. The molecular formula is C18H35IN4O.